The highest BCUT2D eigenvalue weighted by Gasteiger charge is 2.40. The van der Waals surface area contributed by atoms with Crippen LogP contribution in [0.2, 0.25) is 0 Å². The second-order valence-corrected chi connectivity index (χ2v) is 6.92. The van der Waals surface area contributed by atoms with Crippen molar-refractivity contribution in [2.45, 2.75) is 39.2 Å². The average molecular weight is 370 g/mol. The summed E-state index contributed by atoms with van der Waals surface area (Å²) in [7, 11) is 1.91. The number of halogens is 1. The smallest absolute Gasteiger partial charge is 0.257 e. The molecule has 2 saturated heterocycles. The fourth-order valence-electron chi connectivity index (χ4n) is 4.07. The van der Waals surface area contributed by atoms with Crippen LogP contribution in [0.1, 0.15) is 41.1 Å². The topological polar surface area (TPSA) is 65.8 Å². The van der Waals surface area contributed by atoms with Gasteiger partial charge in [-0.2, -0.15) is 0 Å². The van der Waals surface area contributed by atoms with Crippen molar-refractivity contribution in [3.8, 4) is 0 Å². The van der Waals surface area contributed by atoms with E-state index < -0.39 is 0 Å². The van der Waals surface area contributed by atoms with Gasteiger partial charge in [0.2, 0.25) is 5.91 Å². The molecule has 3 heterocycles. The number of nitrogens with zero attached hydrogens (tertiary/aromatic N) is 2. The third-order valence-corrected chi connectivity index (χ3v) is 5.30. The quantitative estimate of drug-likeness (QED) is 0.881. The maximum absolute atomic E-state index is 12.8. The van der Waals surface area contributed by atoms with Gasteiger partial charge in [0, 0.05) is 38.6 Å². The molecule has 1 N–H and O–H groups in total. The highest BCUT2D eigenvalue weighted by atomic mass is 35.5. The zero-order chi connectivity index (χ0) is 17.3. The number of carbonyl (C=O) groups excluding carboxylic acids is 2. The molecule has 0 unspecified atom stereocenters. The van der Waals surface area contributed by atoms with Gasteiger partial charge >= 0.3 is 0 Å². The van der Waals surface area contributed by atoms with E-state index >= 15 is 0 Å². The lowest BCUT2D eigenvalue weighted by Gasteiger charge is -2.47. The number of amides is 2. The molecule has 7 heteroatoms. The number of piperidine rings is 2. The first kappa shape index (κ1) is 19.8. The van der Waals surface area contributed by atoms with Crippen LogP contribution in [0.15, 0.2) is 10.5 Å². The largest absolute Gasteiger partial charge is 0.466 e. The molecule has 0 bridgehead atoms. The van der Waals surface area contributed by atoms with Crippen LogP contribution in [0.4, 0.5) is 0 Å². The summed E-state index contributed by atoms with van der Waals surface area (Å²) in [6.07, 6.45) is 2.34. The van der Waals surface area contributed by atoms with E-state index in [9.17, 15) is 9.59 Å². The lowest BCUT2D eigenvalue weighted by molar-refractivity contribution is -0.140. The fourth-order valence-corrected chi connectivity index (χ4v) is 4.07. The van der Waals surface area contributed by atoms with Gasteiger partial charge in [-0.05, 0) is 45.7 Å². The van der Waals surface area contributed by atoms with Gasteiger partial charge in [-0.1, -0.05) is 0 Å². The Morgan fingerprint density at radius 2 is 2.12 bits per heavy atom. The Labute approximate surface area is 155 Å². The van der Waals surface area contributed by atoms with Crippen molar-refractivity contribution in [3.63, 3.8) is 0 Å². The molecule has 2 aliphatic rings. The predicted octanol–water partition coefficient (Wildman–Crippen LogP) is 1.99. The summed E-state index contributed by atoms with van der Waals surface area (Å²) in [6.45, 7) is 6.70. The Morgan fingerprint density at radius 1 is 1.36 bits per heavy atom. The zero-order valence-corrected chi connectivity index (χ0v) is 16.0. The normalized spacial score (nSPS) is 23.2. The highest BCUT2D eigenvalue weighted by Crippen LogP contribution is 2.32. The summed E-state index contributed by atoms with van der Waals surface area (Å²) in [6, 6.07) is 2.10. The summed E-state index contributed by atoms with van der Waals surface area (Å²) in [5, 5.41) is 3.12. The molecule has 0 aromatic carbocycles. The van der Waals surface area contributed by atoms with Crippen molar-refractivity contribution in [1.82, 2.24) is 15.1 Å². The van der Waals surface area contributed by atoms with E-state index in [1.54, 1.807) is 0 Å². The third kappa shape index (κ3) is 4.01. The second kappa shape index (κ2) is 8.23. The summed E-state index contributed by atoms with van der Waals surface area (Å²) < 4.78 is 5.50. The SMILES string of the molecule is CNCCN1C(=O)CC[C@H]2CN(C(=O)c3cc(C)oc3C)CC[C@H]21.Cl. The first-order valence-electron chi connectivity index (χ1n) is 8.81. The van der Waals surface area contributed by atoms with Gasteiger partial charge in [0.15, 0.2) is 0 Å². The van der Waals surface area contributed by atoms with Crippen LogP contribution >= 0.6 is 12.4 Å². The molecule has 3 rings (SSSR count). The van der Waals surface area contributed by atoms with Gasteiger partial charge in [-0.25, -0.2) is 0 Å². The molecule has 140 valence electrons. The molecular weight excluding hydrogens is 342 g/mol. The number of hydrogen-bond acceptors (Lipinski definition) is 4. The summed E-state index contributed by atoms with van der Waals surface area (Å²) in [5.74, 6) is 2.15. The van der Waals surface area contributed by atoms with Crippen molar-refractivity contribution in [1.29, 1.82) is 0 Å². The zero-order valence-electron chi connectivity index (χ0n) is 15.2. The van der Waals surface area contributed by atoms with Crippen LogP contribution < -0.4 is 5.32 Å². The minimum absolute atomic E-state index is 0. The Morgan fingerprint density at radius 3 is 2.76 bits per heavy atom. The summed E-state index contributed by atoms with van der Waals surface area (Å²) in [5.41, 5.74) is 0.671. The second-order valence-electron chi connectivity index (χ2n) is 6.92. The molecule has 6 nitrogen and oxygen atoms in total. The van der Waals surface area contributed by atoms with Crippen molar-refractivity contribution in [2.75, 3.05) is 33.2 Å². The molecule has 2 fully saturated rings. The minimum atomic E-state index is 0. The molecule has 0 spiro atoms. The fraction of sp³-hybridized carbons (Fsp3) is 0.667. The molecule has 0 aliphatic carbocycles. The van der Waals surface area contributed by atoms with Crippen molar-refractivity contribution in [2.24, 2.45) is 5.92 Å². The van der Waals surface area contributed by atoms with E-state index in [1.807, 2.05) is 36.8 Å². The van der Waals surface area contributed by atoms with E-state index in [1.165, 1.54) is 0 Å². The van der Waals surface area contributed by atoms with Crippen LogP contribution in [0.3, 0.4) is 0 Å². The molecule has 2 amide bonds. The van der Waals surface area contributed by atoms with E-state index in [0.717, 1.165) is 38.2 Å². The number of likely N-dealkylation sites (tertiary alicyclic amines) is 2. The van der Waals surface area contributed by atoms with Crippen LogP contribution in [0, 0.1) is 19.8 Å². The Bertz CT molecular complexity index is 631. The minimum Gasteiger partial charge on any atom is -0.466 e. The molecule has 0 saturated carbocycles. The van der Waals surface area contributed by atoms with Gasteiger partial charge in [-0.3, -0.25) is 9.59 Å². The lowest BCUT2D eigenvalue weighted by Crippen LogP contribution is -2.57. The Balaban J connectivity index is 0.00000225. The van der Waals surface area contributed by atoms with Crippen LogP contribution in [-0.2, 0) is 4.79 Å². The van der Waals surface area contributed by atoms with Crippen molar-refractivity contribution >= 4 is 24.2 Å². The van der Waals surface area contributed by atoms with E-state index in [0.29, 0.717) is 30.2 Å². The first-order chi connectivity index (χ1) is 11.5. The molecule has 0 radical (unpaired) electrons. The Kier molecular flexibility index (Phi) is 6.52. The van der Waals surface area contributed by atoms with Crippen molar-refractivity contribution < 1.29 is 14.0 Å². The van der Waals surface area contributed by atoms with Crippen LogP contribution in [0.5, 0.6) is 0 Å². The number of fused-ring (bicyclic) bond motifs is 1. The number of carbonyl (C=O) groups is 2. The number of likely N-dealkylation sites (N-methyl/N-ethyl adjacent to an activating group) is 1. The molecule has 1 aromatic heterocycles. The highest BCUT2D eigenvalue weighted by molar-refractivity contribution is 5.95. The van der Waals surface area contributed by atoms with Gasteiger partial charge in [0.25, 0.3) is 5.91 Å². The standard InChI is InChI=1S/C18H27N3O3.ClH/c1-12-10-15(13(2)24-12)18(23)20-8-6-16-14(11-20)4-5-17(22)21(16)9-7-19-3;/h10,14,16,19H,4-9,11H2,1-3H3;1H/t14-,16+;/m0./s1. The summed E-state index contributed by atoms with van der Waals surface area (Å²) in [4.78, 5) is 29.0. The van der Waals surface area contributed by atoms with Crippen molar-refractivity contribution in [3.05, 3.63) is 23.2 Å². The number of aryl methyl sites for hydroxylation is 2. The predicted molar refractivity (Wildman–Crippen MR) is 98.1 cm³/mol. The lowest BCUT2D eigenvalue weighted by atomic mass is 9.83. The number of nitrogens with one attached hydrogen (secondary N) is 1. The number of rotatable bonds is 4. The monoisotopic (exact) mass is 369 g/mol. The molecular formula is C18H28ClN3O3. The third-order valence-electron chi connectivity index (χ3n) is 5.30. The molecule has 25 heavy (non-hydrogen) atoms. The van der Waals surface area contributed by atoms with Gasteiger partial charge in [-0.15, -0.1) is 12.4 Å². The van der Waals surface area contributed by atoms with E-state index in [-0.39, 0.29) is 30.3 Å². The maximum atomic E-state index is 12.8. The first-order valence-corrected chi connectivity index (χ1v) is 8.81. The van der Waals surface area contributed by atoms with E-state index in [4.69, 9.17) is 4.42 Å². The van der Waals surface area contributed by atoms with E-state index in [2.05, 4.69) is 5.32 Å². The number of furan rings is 1. The molecule has 2 atom stereocenters. The maximum Gasteiger partial charge on any atom is 0.257 e. The summed E-state index contributed by atoms with van der Waals surface area (Å²) >= 11 is 0. The van der Waals surface area contributed by atoms with Gasteiger partial charge in [0.1, 0.15) is 11.5 Å². The van der Waals surface area contributed by atoms with Gasteiger partial charge < -0.3 is 19.5 Å². The van der Waals surface area contributed by atoms with Crippen LogP contribution in [0.25, 0.3) is 0 Å². The van der Waals surface area contributed by atoms with Gasteiger partial charge in [0.05, 0.1) is 5.56 Å². The molecule has 1 aromatic rings. The van der Waals surface area contributed by atoms with Crippen LogP contribution in [-0.4, -0.2) is 60.9 Å². The number of hydrogen-bond donors (Lipinski definition) is 1. The Hall–Kier alpha value is -1.53. The molecule has 2 aliphatic heterocycles. The average Bonchev–Trinajstić information content (AvgIpc) is 2.91.